The van der Waals surface area contributed by atoms with E-state index in [9.17, 15) is 37.5 Å². The molecule has 0 radical (unpaired) electrons. The highest BCUT2D eigenvalue weighted by atomic mass is 19.1. The van der Waals surface area contributed by atoms with Gasteiger partial charge in [0, 0.05) is 38.3 Å². The zero-order valence-electron chi connectivity index (χ0n) is 37.4. The van der Waals surface area contributed by atoms with Crippen molar-refractivity contribution in [3.8, 4) is 11.5 Å². The van der Waals surface area contributed by atoms with Crippen molar-refractivity contribution in [1.82, 2.24) is 50.5 Å². The van der Waals surface area contributed by atoms with E-state index in [1.165, 1.54) is 12.1 Å². The minimum Gasteiger partial charge on any atom is -0.482 e. The van der Waals surface area contributed by atoms with Gasteiger partial charge in [0.25, 0.3) is 35.4 Å². The van der Waals surface area contributed by atoms with E-state index in [1.54, 1.807) is 36.4 Å². The van der Waals surface area contributed by atoms with Crippen LogP contribution in [0.2, 0.25) is 0 Å². The van der Waals surface area contributed by atoms with E-state index in [0.29, 0.717) is 34.0 Å². The molecule has 0 atom stereocenters. The maximum Gasteiger partial charge on any atom is 0.270 e. The highest BCUT2D eigenvalue weighted by Gasteiger charge is 2.23. The van der Waals surface area contributed by atoms with Crippen LogP contribution in [-0.2, 0) is 35.8 Å². The van der Waals surface area contributed by atoms with Gasteiger partial charge < -0.3 is 41.4 Å². The van der Waals surface area contributed by atoms with Crippen LogP contribution >= 0.6 is 0 Å². The predicted octanol–water partition coefficient (Wildman–Crippen LogP) is 4.43. The van der Waals surface area contributed by atoms with Crippen molar-refractivity contribution in [2.75, 3.05) is 23.8 Å². The summed E-state index contributed by atoms with van der Waals surface area (Å²) in [4.78, 5) is 82.7. The maximum atomic E-state index is 14.3. The quantitative estimate of drug-likeness (QED) is 0.0996. The average Bonchev–Trinajstić information content (AvgIpc) is 3.96. The van der Waals surface area contributed by atoms with Crippen molar-refractivity contribution in [2.24, 2.45) is 0 Å². The molecule has 4 aromatic heterocycles. The Bertz CT molecular complexity index is 3400. The zero-order chi connectivity index (χ0) is 49.6. The third kappa shape index (κ3) is 10.8. The van der Waals surface area contributed by atoms with Crippen molar-refractivity contribution in [3.63, 3.8) is 0 Å². The molecule has 0 saturated heterocycles. The first kappa shape index (κ1) is 46.5. The number of nitrogens with zero attached hydrogens (tertiary/aromatic N) is 6. The lowest BCUT2D eigenvalue weighted by Gasteiger charge is -2.18. The fourth-order valence-corrected chi connectivity index (χ4v) is 7.30. The van der Waals surface area contributed by atoms with Crippen LogP contribution in [0.1, 0.15) is 69.8 Å². The van der Waals surface area contributed by atoms with Gasteiger partial charge in [-0.2, -0.15) is 10.2 Å². The second-order valence-corrected chi connectivity index (χ2v) is 16.0. The van der Waals surface area contributed by atoms with Crippen LogP contribution in [-0.4, -0.2) is 77.9 Å². The number of anilines is 2. The Morgan fingerprint density at radius 3 is 1.42 bits per heavy atom. The summed E-state index contributed by atoms with van der Waals surface area (Å²) in [5.41, 5.74) is 4.43. The minimum absolute atomic E-state index is 0.0326. The normalized spacial score (nSPS) is 12.4. The van der Waals surface area contributed by atoms with Crippen LogP contribution < -0.4 is 41.4 Å². The largest absolute Gasteiger partial charge is 0.482 e. The number of ether oxygens (including phenoxy) is 2. The monoisotopic (exact) mass is 962 g/mol. The fourth-order valence-electron chi connectivity index (χ4n) is 7.30. The van der Waals surface area contributed by atoms with Crippen molar-refractivity contribution < 1.29 is 47.0 Å². The number of hydrogen-bond donors (Lipinski definition) is 6. The molecule has 6 amide bonds. The Labute approximate surface area is 400 Å². The number of rotatable bonds is 12. The lowest BCUT2D eigenvalue weighted by atomic mass is 10.1. The van der Waals surface area contributed by atoms with Crippen LogP contribution in [0.3, 0.4) is 0 Å². The molecule has 20 nitrogen and oxygen atoms in total. The zero-order valence-corrected chi connectivity index (χ0v) is 37.4. The van der Waals surface area contributed by atoms with Gasteiger partial charge in [0.15, 0.2) is 36.1 Å². The molecule has 2 aliphatic heterocycles. The van der Waals surface area contributed by atoms with Gasteiger partial charge in [-0.3, -0.25) is 28.8 Å². The molecule has 71 heavy (non-hydrogen) atoms. The number of aromatic nitrogens is 6. The summed E-state index contributed by atoms with van der Waals surface area (Å²) in [5.74, 6) is -3.27. The summed E-state index contributed by atoms with van der Waals surface area (Å²) < 4.78 is 41.3. The predicted molar refractivity (Wildman–Crippen MR) is 249 cm³/mol. The van der Waals surface area contributed by atoms with Gasteiger partial charge in [0.2, 0.25) is 0 Å². The first-order chi connectivity index (χ1) is 34.3. The molecule has 0 aliphatic carbocycles. The number of benzene rings is 4. The van der Waals surface area contributed by atoms with E-state index in [0.717, 1.165) is 38.1 Å². The van der Waals surface area contributed by atoms with E-state index in [4.69, 9.17) is 9.47 Å². The molecular formula is C49H40F2N12O8. The summed E-state index contributed by atoms with van der Waals surface area (Å²) in [7, 11) is 0. The molecule has 0 saturated carbocycles. The summed E-state index contributed by atoms with van der Waals surface area (Å²) >= 11 is 0. The number of nitrogens with one attached hydrogen (secondary N) is 6. The van der Waals surface area contributed by atoms with Crippen LogP contribution in [0.4, 0.5) is 20.2 Å². The van der Waals surface area contributed by atoms with E-state index in [-0.39, 0.29) is 85.3 Å². The van der Waals surface area contributed by atoms with Gasteiger partial charge >= 0.3 is 0 Å². The van der Waals surface area contributed by atoms with E-state index in [1.807, 2.05) is 61.5 Å². The Hall–Kier alpha value is -9.60. The number of amides is 6. The molecule has 358 valence electrons. The first-order valence-corrected chi connectivity index (χ1v) is 21.8. The second kappa shape index (κ2) is 20.3. The minimum atomic E-state index is -0.762. The van der Waals surface area contributed by atoms with E-state index < -0.39 is 35.3 Å². The van der Waals surface area contributed by atoms with Gasteiger partial charge in [-0.1, -0.05) is 72.3 Å². The van der Waals surface area contributed by atoms with Crippen molar-refractivity contribution in [3.05, 3.63) is 178 Å². The van der Waals surface area contributed by atoms with Crippen LogP contribution in [0.25, 0.3) is 11.3 Å². The lowest BCUT2D eigenvalue weighted by Crippen LogP contribution is -2.29. The third-order valence-electron chi connectivity index (χ3n) is 10.9. The first-order valence-electron chi connectivity index (χ1n) is 21.8. The summed E-state index contributed by atoms with van der Waals surface area (Å²) in [6.45, 7) is 2.55. The Balaban J connectivity index is 0.000000176. The number of fused-ring (bicyclic) bond motifs is 4. The number of aryl methyl sites for hydroxylation is 1. The smallest absolute Gasteiger partial charge is 0.270 e. The summed E-state index contributed by atoms with van der Waals surface area (Å²) in [6, 6.07) is 29.7. The van der Waals surface area contributed by atoms with Gasteiger partial charge in [-0.05, 0) is 53.4 Å². The molecule has 22 heteroatoms. The molecule has 2 aliphatic rings. The molecule has 0 unspecified atom stereocenters. The highest BCUT2D eigenvalue weighted by Crippen LogP contribution is 2.29. The Morgan fingerprint density at radius 2 is 0.958 bits per heavy atom. The molecule has 4 aromatic carbocycles. The molecular weight excluding hydrogens is 923 g/mol. The molecule has 0 fully saturated rings. The molecule has 0 bridgehead atoms. The Kier molecular flexibility index (Phi) is 13.3. The maximum absolute atomic E-state index is 14.3. The fraction of sp³-hybridized carbons (Fsp3) is 0.143. The lowest BCUT2D eigenvalue weighted by molar-refractivity contribution is -0.119. The van der Waals surface area contributed by atoms with Crippen molar-refractivity contribution in [2.45, 2.75) is 33.1 Å². The molecule has 6 heterocycles. The highest BCUT2D eigenvalue weighted by molar-refractivity contribution is 6.00. The number of halogens is 2. The standard InChI is InChI=1S/C25H21FN6O4.C24H19FN6O4/c1-14-2-4-15(5-3-14)10-28-25(35)20-9-19(31-23-17(26)12-29-32(20)23)24(34)27-11-16-6-7-21-18(8-16)30-22(33)13-36-21;25-16-12-28-31-19(24(34)27-10-14-4-2-1-3-5-14)9-18(30-22(16)31)23(33)26-11-15-6-7-20-17(8-15)29-21(32)13-35-20/h2-9,12H,10-11,13H2,1H3,(H,27,34)(H,28,35)(H,30,33);1-9,12H,10-11,13H2,(H,26,33)(H,27,34)(H,29,32). The van der Waals surface area contributed by atoms with Crippen LogP contribution in [0.5, 0.6) is 11.5 Å². The average molecular weight is 963 g/mol. The van der Waals surface area contributed by atoms with Gasteiger partial charge in [-0.15, -0.1) is 0 Å². The van der Waals surface area contributed by atoms with Crippen LogP contribution in [0, 0.1) is 18.6 Å². The van der Waals surface area contributed by atoms with E-state index in [2.05, 4.69) is 52.1 Å². The van der Waals surface area contributed by atoms with Crippen LogP contribution in [0.15, 0.2) is 116 Å². The molecule has 8 aromatic rings. The molecule has 10 rings (SSSR count). The number of carbonyl (C=O) groups excluding carboxylic acids is 6. The Morgan fingerprint density at radius 1 is 0.549 bits per heavy atom. The number of hydrogen-bond acceptors (Lipinski definition) is 12. The third-order valence-corrected chi connectivity index (χ3v) is 10.9. The summed E-state index contributed by atoms with van der Waals surface area (Å²) in [5, 5.41) is 24.1. The van der Waals surface area contributed by atoms with Gasteiger partial charge in [0.05, 0.1) is 23.8 Å². The molecule has 6 N–H and O–H groups in total. The topological polar surface area (TPSA) is 253 Å². The second-order valence-electron chi connectivity index (χ2n) is 16.0. The molecule has 0 spiro atoms. The summed E-state index contributed by atoms with van der Waals surface area (Å²) in [6.07, 6.45) is 1.87. The van der Waals surface area contributed by atoms with Crippen molar-refractivity contribution >= 4 is 58.1 Å². The van der Waals surface area contributed by atoms with Crippen molar-refractivity contribution in [1.29, 1.82) is 0 Å². The number of carbonyl (C=O) groups is 6. The SMILES string of the molecule is Cc1ccc(CNC(=O)c2cc(C(=O)NCc3ccc4c(c3)NC(=O)CO4)nc3c(F)cnn23)cc1.O=C1COc2ccc(CNC(=O)c3cc(C(=O)NCc4ccccc4)n4ncc(F)c4n3)cc2N1. The van der Waals surface area contributed by atoms with Gasteiger partial charge in [-0.25, -0.2) is 27.8 Å². The van der Waals surface area contributed by atoms with E-state index >= 15 is 0 Å². The van der Waals surface area contributed by atoms with Gasteiger partial charge in [0.1, 0.15) is 34.3 Å².